The normalized spacial score (nSPS) is 16.1. The molecule has 0 aromatic rings. The Morgan fingerprint density at radius 1 is 1.33 bits per heavy atom. The first-order valence-electron chi connectivity index (χ1n) is 4.41. The van der Waals surface area contributed by atoms with Gasteiger partial charge in [-0.2, -0.15) is 0 Å². The average molecular weight is 173 g/mol. The van der Waals surface area contributed by atoms with Gasteiger partial charge in [0.2, 0.25) is 0 Å². The van der Waals surface area contributed by atoms with Crippen LogP contribution in [0.4, 0.5) is 0 Å². The zero-order valence-electron chi connectivity index (χ0n) is 8.08. The van der Waals surface area contributed by atoms with Gasteiger partial charge < -0.3 is 10.8 Å². The van der Waals surface area contributed by atoms with E-state index in [-0.39, 0.29) is 0 Å². The van der Waals surface area contributed by atoms with E-state index >= 15 is 0 Å². The van der Waals surface area contributed by atoms with E-state index in [1.165, 1.54) is 0 Å². The maximum absolute atomic E-state index is 10.4. The van der Waals surface area contributed by atoms with E-state index in [0.29, 0.717) is 18.3 Å². The van der Waals surface area contributed by atoms with Gasteiger partial charge >= 0.3 is 5.97 Å². The summed E-state index contributed by atoms with van der Waals surface area (Å²) >= 11 is 0. The van der Waals surface area contributed by atoms with Gasteiger partial charge in [-0.1, -0.05) is 20.8 Å². The van der Waals surface area contributed by atoms with Crippen molar-refractivity contribution in [3.63, 3.8) is 0 Å². The Bertz CT molecular complexity index is 145. The van der Waals surface area contributed by atoms with Gasteiger partial charge in [-0.05, 0) is 24.7 Å². The summed E-state index contributed by atoms with van der Waals surface area (Å²) in [6.07, 6.45) is 1.62. The second-order valence-corrected chi connectivity index (χ2v) is 3.92. The minimum absolute atomic E-state index is 0.399. The molecule has 2 atom stereocenters. The topological polar surface area (TPSA) is 63.3 Å². The van der Waals surface area contributed by atoms with Crippen LogP contribution < -0.4 is 5.73 Å². The molecule has 0 rings (SSSR count). The molecule has 0 amide bonds. The first-order valence-corrected chi connectivity index (χ1v) is 4.41. The van der Waals surface area contributed by atoms with Gasteiger partial charge in [0, 0.05) is 0 Å². The summed E-state index contributed by atoms with van der Waals surface area (Å²) < 4.78 is 0. The predicted molar refractivity (Wildman–Crippen MR) is 48.8 cm³/mol. The highest BCUT2D eigenvalue weighted by Gasteiger charge is 2.15. The van der Waals surface area contributed by atoms with Crippen LogP contribution in [-0.4, -0.2) is 17.1 Å². The molecular weight excluding hydrogens is 154 g/mol. The Labute approximate surface area is 74.0 Å². The van der Waals surface area contributed by atoms with E-state index in [2.05, 4.69) is 13.8 Å². The number of carbonyl (C=O) groups is 1. The molecule has 0 spiro atoms. The van der Waals surface area contributed by atoms with E-state index in [0.717, 1.165) is 6.42 Å². The van der Waals surface area contributed by atoms with Crippen LogP contribution in [0.5, 0.6) is 0 Å². The number of aliphatic carboxylic acids is 1. The maximum Gasteiger partial charge on any atom is 0.320 e. The smallest absolute Gasteiger partial charge is 0.320 e. The van der Waals surface area contributed by atoms with Crippen LogP contribution in [0.2, 0.25) is 0 Å². The van der Waals surface area contributed by atoms with Gasteiger partial charge in [0.1, 0.15) is 6.04 Å². The molecular formula is C9H19NO2. The molecule has 0 saturated heterocycles. The summed E-state index contributed by atoms with van der Waals surface area (Å²) in [5.41, 5.74) is 5.39. The zero-order valence-corrected chi connectivity index (χ0v) is 8.08. The van der Waals surface area contributed by atoms with Crippen LogP contribution in [0.25, 0.3) is 0 Å². The van der Waals surface area contributed by atoms with Crippen LogP contribution in [0, 0.1) is 11.8 Å². The van der Waals surface area contributed by atoms with Crippen LogP contribution in [0.3, 0.4) is 0 Å². The van der Waals surface area contributed by atoms with Gasteiger partial charge in [-0.25, -0.2) is 0 Å². The molecule has 12 heavy (non-hydrogen) atoms. The average Bonchev–Trinajstić information content (AvgIpc) is 1.84. The van der Waals surface area contributed by atoms with Crippen LogP contribution in [0.1, 0.15) is 33.6 Å². The lowest BCUT2D eigenvalue weighted by Gasteiger charge is -2.15. The number of hydrogen-bond acceptors (Lipinski definition) is 2. The predicted octanol–water partition coefficient (Wildman–Crippen LogP) is 1.47. The summed E-state index contributed by atoms with van der Waals surface area (Å²) in [4.78, 5) is 10.4. The van der Waals surface area contributed by atoms with Crippen molar-refractivity contribution in [1.29, 1.82) is 0 Å². The summed E-state index contributed by atoms with van der Waals surface area (Å²) in [6, 6.07) is -0.696. The lowest BCUT2D eigenvalue weighted by molar-refractivity contribution is -0.138. The van der Waals surface area contributed by atoms with Gasteiger partial charge in [0.15, 0.2) is 0 Å². The second-order valence-electron chi connectivity index (χ2n) is 3.92. The van der Waals surface area contributed by atoms with E-state index in [9.17, 15) is 4.79 Å². The van der Waals surface area contributed by atoms with E-state index in [1.54, 1.807) is 0 Å². The molecule has 3 heteroatoms. The third kappa shape index (κ3) is 5.13. The maximum atomic E-state index is 10.4. The largest absolute Gasteiger partial charge is 0.480 e. The Balaban J connectivity index is 3.68. The third-order valence-electron chi connectivity index (χ3n) is 1.85. The fourth-order valence-electron chi connectivity index (χ4n) is 1.44. The van der Waals surface area contributed by atoms with E-state index in [1.807, 2.05) is 6.92 Å². The van der Waals surface area contributed by atoms with Crippen molar-refractivity contribution in [3.8, 4) is 0 Å². The van der Waals surface area contributed by atoms with Crippen molar-refractivity contribution in [1.82, 2.24) is 0 Å². The molecule has 0 fully saturated rings. The summed E-state index contributed by atoms with van der Waals surface area (Å²) in [6.45, 7) is 6.30. The standard InChI is InChI=1S/C9H19NO2/c1-6(2)4-7(3)5-8(10)9(11)12/h6-8H,4-5,10H2,1-3H3,(H,11,12). The van der Waals surface area contributed by atoms with Gasteiger partial charge in [0.25, 0.3) is 0 Å². The Hall–Kier alpha value is -0.570. The lowest BCUT2D eigenvalue weighted by Crippen LogP contribution is -2.32. The van der Waals surface area contributed by atoms with Crippen molar-refractivity contribution in [2.24, 2.45) is 17.6 Å². The molecule has 0 aliphatic heterocycles. The molecule has 0 bridgehead atoms. The first-order chi connectivity index (χ1) is 5.43. The molecule has 3 nitrogen and oxygen atoms in total. The molecule has 0 heterocycles. The van der Waals surface area contributed by atoms with Gasteiger partial charge in [0.05, 0.1) is 0 Å². The van der Waals surface area contributed by atoms with Gasteiger partial charge in [-0.15, -0.1) is 0 Å². The van der Waals surface area contributed by atoms with Crippen LogP contribution in [0.15, 0.2) is 0 Å². The van der Waals surface area contributed by atoms with Crippen molar-refractivity contribution in [2.45, 2.75) is 39.7 Å². The zero-order chi connectivity index (χ0) is 9.72. The fraction of sp³-hybridized carbons (Fsp3) is 0.889. The molecule has 0 aliphatic carbocycles. The SMILES string of the molecule is CC(C)CC(C)CC(N)C(=O)O. The third-order valence-corrected chi connectivity index (χ3v) is 1.85. The van der Waals surface area contributed by atoms with Crippen molar-refractivity contribution in [3.05, 3.63) is 0 Å². The first kappa shape index (κ1) is 11.4. The molecule has 0 aromatic heterocycles. The van der Waals surface area contributed by atoms with Crippen LogP contribution in [-0.2, 0) is 4.79 Å². The summed E-state index contributed by atoms with van der Waals surface area (Å²) in [7, 11) is 0. The summed E-state index contributed by atoms with van der Waals surface area (Å²) in [5.74, 6) is 0.114. The van der Waals surface area contributed by atoms with Crippen molar-refractivity contribution < 1.29 is 9.90 Å². The molecule has 0 aliphatic rings. The number of hydrogen-bond donors (Lipinski definition) is 2. The molecule has 2 unspecified atom stereocenters. The fourth-order valence-corrected chi connectivity index (χ4v) is 1.44. The quantitative estimate of drug-likeness (QED) is 0.661. The van der Waals surface area contributed by atoms with Crippen molar-refractivity contribution >= 4 is 5.97 Å². The monoisotopic (exact) mass is 173 g/mol. The van der Waals surface area contributed by atoms with Crippen molar-refractivity contribution in [2.75, 3.05) is 0 Å². The molecule has 0 radical (unpaired) electrons. The second kappa shape index (κ2) is 5.14. The molecule has 0 aromatic carbocycles. The number of nitrogens with two attached hydrogens (primary N) is 1. The number of rotatable bonds is 5. The highest BCUT2D eigenvalue weighted by atomic mass is 16.4. The van der Waals surface area contributed by atoms with E-state index < -0.39 is 12.0 Å². The lowest BCUT2D eigenvalue weighted by atomic mass is 9.93. The Kier molecular flexibility index (Phi) is 4.90. The minimum atomic E-state index is -0.898. The number of carboxylic acids is 1. The Morgan fingerprint density at radius 3 is 2.17 bits per heavy atom. The van der Waals surface area contributed by atoms with Gasteiger partial charge in [-0.3, -0.25) is 4.79 Å². The molecule has 0 saturated carbocycles. The minimum Gasteiger partial charge on any atom is -0.480 e. The molecule has 72 valence electrons. The molecule has 3 N–H and O–H groups in total. The highest BCUT2D eigenvalue weighted by molar-refractivity contribution is 5.72. The highest BCUT2D eigenvalue weighted by Crippen LogP contribution is 2.15. The Morgan fingerprint density at radius 2 is 1.83 bits per heavy atom. The summed E-state index contributed by atoms with van der Waals surface area (Å²) in [5, 5.41) is 8.54. The van der Waals surface area contributed by atoms with E-state index in [4.69, 9.17) is 10.8 Å². The number of carboxylic acid groups (broad SMARTS) is 1. The van der Waals surface area contributed by atoms with Crippen LogP contribution >= 0.6 is 0 Å².